The molecule has 2 atom stereocenters. The van der Waals surface area contributed by atoms with Crippen LogP contribution in [0.5, 0.6) is 0 Å². The van der Waals surface area contributed by atoms with Crippen molar-refractivity contribution in [1.82, 2.24) is 5.32 Å². The molecule has 1 fully saturated rings. The third kappa shape index (κ3) is 2.65. The number of hydrogen-bond donors (Lipinski definition) is 1. The molecule has 0 aromatic heterocycles. The third-order valence-electron chi connectivity index (χ3n) is 1.85. The molecule has 2 unspecified atom stereocenters. The summed E-state index contributed by atoms with van der Waals surface area (Å²) in [5.74, 6) is -0.670. The SMILES string of the molecule is CNC(=O)C(Br)C1COC(C)(C)O1. The lowest BCUT2D eigenvalue weighted by atomic mass is 10.2. The molecule has 0 saturated carbocycles. The lowest BCUT2D eigenvalue weighted by Gasteiger charge is -2.19. The molecule has 0 spiro atoms. The highest BCUT2D eigenvalue weighted by molar-refractivity contribution is 9.10. The Hall–Kier alpha value is -0.130. The van der Waals surface area contributed by atoms with E-state index < -0.39 is 5.79 Å². The molecule has 13 heavy (non-hydrogen) atoms. The summed E-state index contributed by atoms with van der Waals surface area (Å²) in [7, 11) is 1.59. The quantitative estimate of drug-likeness (QED) is 0.734. The molecule has 1 saturated heterocycles. The van der Waals surface area contributed by atoms with Crippen LogP contribution in [0.1, 0.15) is 13.8 Å². The Bertz CT molecular complexity index is 208. The van der Waals surface area contributed by atoms with Gasteiger partial charge in [0.1, 0.15) is 10.9 Å². The smallest absolute Gasteiger partial charge is 0.236 e. The summed E-state index contributed by atoms with van der Waals surface area (Å²) in [4.78, 5) is 10.9. The zero-order valence-electron chi connectivity index (χ0n) is 7.96. The Morgan fingerprint density at radius 2 is 2.31 bits per heavy atom. The Morgan fingerprint density at radius 3 is 2.69 bits per heavy atom. The summed E-state index contributed by atoms with van der Waals surface area (Å²) in [5, 5.41) is 2.55. The number of hydrogen-bond acceptors (Lipinski definition) is 3. The fourth-order valence-electron chi connectivity index (χ4n) is 1.17. The minimum Gasteiger partial charge on any atom is -0.358 e. The van der Waals surface area contributed by atoms with Gasteiger partial charge in [-0.2, -0.15) is 0 Å². The average Bonchev–Trinajstić information content (AvgIpc) is 2.43. The van der Waals surface area contributed by atoms with Crippen molar-refractivity contribution in [3.8, 4) is 0 Å². The van der Waals surface area contributed by atoms with Crippen molar-refractivity contribution in [3.63, 3.8) is 0 Å². The minimum absolute atomic E-state index is 0.0914. The van der Waals surface area contributed by atoms with E-state index in [0.29, 0.717) is 6.61 Å². The fraction of sp³-hybridized carbons (Fsp3) is 0.875. The molecule has 0 aromatic carbocycles. The van der Waals surface area contributed by atoms with Crippen molar-refractivity contribution in [1.29, 1.82) is 0 Å². The number of amides is 1. The number of alkyl halides is 1. The Balaban J connectivity index is 2.51. The topological polar surface area (TPSA) is 47.6 Å². The molecule has 0 aromatic rings. The van der Waals surface area contributed by atoms with Gasteiger partial charge in [-0.15, -0.1) is 0 Å². The van der Waals surface area contributed by atoms with Crippen LogP contribution < -0.4 is 5.32 Å². The van der Waals surface area contributed by atoms with E-state index in [1.54, 1.807) is 7.05 Å². The van der Waals surface area contributed by atoms with Crippen molar-refractivity contribution in [2.45, 2.75) is 30.6 Å². The first-order valence-corrected chi connectivity index (χ1v) is 5.05. The highest BCUT2D eigenvalue weighted by atomic mass is 79.9. The second-order valence-electron chi connectivity index (χ2n) is 3.38. The van der Waals surface area contributed by atoms with E-state index in [-0.39, 0.29) is 16.8 Å². The molecule has 1 aliphatic heterocycles. The Morgan fingerprint density at radius 1 is 1.69 bits per heavy atom. The van der Waals surface area contributed by atoms with Crippen LogP contribution in [0.4, 0.5) is 0 Å². The van der Waals surface area contributed by atoms with Crippen molar-refractivity contribution < 1.29 is 14.3 Å². The van der Waals surface area contributed by atoms with Crippen LogP contribution in [0.25, 0.3) is 0 Å². The lowest BCUT2D eigenvalue weighted by Crippen LogP contribution is -2.38. The van der Waals surface area contributed by atoms with Crippen molar-refractivity contribution in [3.05, 3.63) is 0 Å². The van der Waals surface area contributed by atoms with E-state index in [1.807, 2.05) is 13.8 Å². The predicted octanol–water partition coefficient (Wildman–Crippen LogP) is 0.647. The summed E-state index contributed by atoms with van der Waals surface area (Å²) >= 11 is 3.26. The van der Waals surface area contributed by atoms with Gasteiger partial charge >= 0.3 is 0 Å². The molecule has 0 bridgehead atoms. The van der Waals surface area contributed by atoms with Gasteiger partial charge in [-0.1, -0.05) is 15.9 Å². The van der Waals surface area contributed by atoms with Gasteiger partial charge in [0.25, 0.3) is 0 Å². The normalized spacial score (nSPS) is 28.5. The van der Waals surface area contributed by atoms with Crippen LogP contribution in [0.2, 0.25) is 0 Å². The van der Waals surface area contributed by atoms with Gasteiger partial charge in [-0.25, -0.2) is 0 Å². The minimum atomic E-state index is -0.579. The average molecular weight is 252 g/mol. The van der Waals surface area contributed by atoms with Crippen LogP contribution in [-0.2, 0) is 14.3 Å². The van der Waals surface area contributed by atoms with Crippen LogP contribution >= 0.6 is 15.9 Å². The highest BCUT2D eigenvalue weighted by Crippen LogP contribution is 2.26. The van der Waals surface area contributed by atoms with Gasteiger partial charge in [-0.3, -0.25) is 4.79 Å². The molecule has 1 amide bonds. The van der Waals surface area contributed by atoms with Crippen molar-refractivity contribution >= 4 is 21.8 Å². The molecule has 0 aliphatic carbocycles. The van der Waals surface area contributed by atoms with E-state index in [1.165, 1.54) is 0 Å². The number of ether oxygens (including phenoxy) is 2. The van der Waals surface area contributed by atoms with Crippen LogP contribution in [0, 0.1) is 0 Å². The number of carbonyl (C=O) groups is 1. The largest absolute Gasteiger partial charge is 0.358 e. The summed E-state index contributed by atoms with van der Waals surface area (Å²) in [6.45, 7) is 4.10. The molecule has 1 heterocycles. The Labute approximate surface area is 86.1 Å². The van der Waals surface area contributed by atoms with Gasteiger partial charge in [0.2, 0.25) is 5.91 Å². The summed E-state index contributed by atoms with van der Waals surface area (Å²) in [6, 6.07) is 0. The second-order valence-corrected chi connectivity index (χ2v) is 4.37. The number of nitrogens with one attached hydrogen (secondary N) is 1. The van der Waals surface area contributed by atoms with E-state index in [0.717, 1.165) is 0 Å². The van der Waals surface area contributed by atoms with Crippen LogP contribution in [0.3, 0.4) is 0 Å². The molecule has 76 valence electrons. The van der Waals surface area contributed by atoms with Gasteiger partial charge in [0.15, 0.2) is 5.79 Å². The summed E-state index contributed by atoms with van der Waals surface area (Å²) in [5.41, 5.74) is 0. The van der Waals surface area contributed by atoms with Crippen molar-refractivity contribution in [2.75, 3.05) is 13.7 Å². The molecule has 1 N–H and O–H groups in total. The lowest BCUT2D eigenvalue weighted by molar-refractivity contribution is -0.141. The first-order chi connectivity index (χ1) is 5.96. The predicted molar refractivity (Wildman–Crippen MR) is 51.7 cm³/mol. The summed E-state index contributed by atoms with van der Waals surface area (Å²) in [6.07, 6.45) is -0.213. The second kappa shape index (κ2) is 3.94. The van der Waals surface area contributed by atoms with Crippen LogP contribution in [0.15, 0.2) is 0 Å². The monoisotopic (exact) mass is 251 g/mol. The van der Waals surface area contributed by atoms with E-state index >= 15 is 0 Å². The standard InChI is InChI=1S/C8H14BrNO3/c1-8(2)12-4-5(13-8)6(9)7(11)10-3/h5-6H,4H2,1-3H3,(H,10,11). The van der Waals surface area contributed by atoms with E-state index in [9.17, 15) is 4.79 Å². The maximum Gasteiger partial charge on any atom is 0.236 e. The van der Waals surface area contributed by atoms with Crippen LogP contribution in [-0.4, -0.2) is 36.3 Å². The maximum atomic E-state index is 11.2. The molecular formula is C8H14BrNO3. The Kier molecular flexibility index (Phi) is 3.32. The molecule has 1 rings (SSSR count). The molecule has 1 aliphatic rings. The maximum absolute atomic E-state index is 11.2. The summed E-state index contributed by atoms with van der Waals surface area (Å²) < 4.78 is 10.8. The third-order valence-corrected chi connectivity index (χ3v) is 2.86. The number of rotatable bonds is 2. The first kappa shape index (κ1) is 10.9. The van der Waals surface area contributed by atoms with E-state index in [4.69, 9.17) is 9.47 Å². The molecular weight excluding hydrogens is 238 g/mol. The van der Waals surface area contributed by atoms with Crippen molar-refractivity contribution in [2.24, 2.45) is 0 Å². The molecule has 0 radical (unpaired) electrons. The zero-order chi connectivity index (χ0) is 10.1. The molecule has 5 heteroatoms. The zero-order valence-corrected chi connectivity index (χ0v) is 9.55. The molecule has 4 nitrogen and oxygen atoms in total. The fourth-order valence-corrected chi connectivity index (χ4v) is 1.66. The van der Waals surface area contributed by atoms with Gasteiger partial charge in [0.05, 0.1) is 6.61 Å². The number of carbonyl (C=O) groups excluding carboxylic acids is 1. The van der Waals surface area contributed by atoms with Gasteiger partial charge < -0.3 is 14.8 Å². The first-order valence-electron chi connectivity index (χ1n) is 4.14. The van der Waals surface area contributed by atoms with Gasteiger partial charge in [-0.05, 0) is 13.8 Å². The van der Waals surface area contributed by atoms with E-state index in [2.05, 4.69) is 21.2 Å². The number of halogens is 1. The highest BCUT2D eigenvalue weighted by Gasteiger charge is 2.38. The van der Waals surface area contributed by atoms with Gasteiger partial charge in [0, 0.05) is 7.05 Å².